The molecule has 0 aliphatic heterocycles. The van der Waals surface area contributed by atoms with E-state index in [2.05, 4.69) is 11.4 Å². The minimum atomic E-state index is -0.00880. The van der Waals surface area contributed by atoms with Crippen LogP contribution in [0.3, 0.4) is 0 Å². The van der Waals surface area contributed by atoms with Crippen molar-refractivity contribution in [2.75, 3.05) is 5.32 Å². The molecule has 0 saturated heterocycles. The number of aromatic hydroxyl groups is 1. The lowest BCUT2D eigenvalue weighted by Crippen LogP contribution is -2.06. The van der Waals surface area contributed by atoms with Crippen LogP contribution in [0, 0.1) is 6.92 Å². The molecule has 0 heterocycles. The third-order valence-corrected chi connectivity index (χ3v) is 3.09. The summed E-state index contributed by atoms with van der Waals surface area (Å²) < 4.78 is 0. The fourth-order valence-electron chi connectivity index (χ4n) is 1.93. The highest BCUT2D eigenvalue weighted by Gasteiger charge is 2.10. The van der Waals surface area contributed by atoms with Crippen molar-refractivity contribution in [3.05, 3.63) is 58.6 Å². The first-order valence-corrected chi connectivity index (χ1v) is 6.25. The lowest BCUT2D eigenvalue weighted by molar-refractivity contribution is 0.465. The molecular weight excluding hydrogens is 246 g/mol. The van der Waals surface area contributed by atoms with E-state index in [0.29, 0.717) is 5.02 Å². The van der Waals surface area contributed by atoms with Crippen molar-refractivity contribution >= 4 is 17.3 Å². The Balaban J connectivity index is 2.21. The number of phenols is 1. The van der Waals surface area contributed by atoms with Crippen molar-refractivity contribution in [1.29, 1.82) is 0 Å². The second-order valence-electron chi connectivity index (χ2n) is 4.44. The molecule has 94 valence electrons. The van der Waals surface area contributed by atoms with E-state index in [9.17, 15) is 5.11 Å². The van der Waals surface area contributed by atoms with Gasteiger partial charge in [0.1, 0.15) is 5.75 Å². The number of aryl methyl sites for hydroxylation is 1. The number of hydrogen-bond donors (Lipinski definition) is 2. The molecule has 1 unspecified atom stereocenters. The highest BCUT2D eigenvalue weighted by atomic mass is 35.5. The van der Waals surface area contributed by atoms with Crippen LogP contribution in [0.15, 0.2) is 42.5 Å². The first-order valence-electron chi connectivity index (χ1n) is 5.88. The molecule has 0 amide bonds. The maximum atomic E-state index is 9.84. The molecule has 0 saturated carbocycles. The van der Waals surface area contributed by atoms with Gasteiger partial charge in [-0.2, -0.15) is 0 Å². The maximum Gasteiger partial charge on any atom is 0.120 e. The van der Waals surface area contributed by atoms with Crippen molar-refractivity contribution in [1.82, 2.24) is 0 Å². The summed E-state index contributed by atoms with van der Waals surface area (Å²) in [5.41, 5.74) is 3.02. The van der Waals surface area contributed by atoms with Crippen LogP contribution in [0.5, 0.6) is 5.75 Å². The van der Waals surface area contributed by atoms with E-state index in [0.717, 1.165) is 11.3 Å². The summed E-state index contributed by atoms with van der Waals surface area (Å²) in [6.45, 7) is 4.04. The van der Waals surface area contributed by atoms with Crippen LogP contribution in [-0.2, 0) is 0 Å². The first kappa shape index (κ1) is 12.8. The fraction of sp³-hybridized carbons (Fsp3) is 0.200. The minimum absolute atomic E-state index is 0.00880. The molecule has 1 atom stereocenters. The summed E-state index contributed by atoms with van der Waals surface area (Å²) >= 11 is 5.95. The van der Waals surface area contributed by atoms with E-state index in [-0.39, 0.29) is 11.8 Å². The van der Waals surface area contributed by atoms with Crippen LogP contribution >= 0.6 is 11.6 Å². The van der Waals surface area contributed by atoms with Crippen LogP contribution in [0.1, 0.15) is 24.1 Å². The molecule has 0 fully saturated rings. The Morgan fingerprint density at radius 1 is 1.17 bits per heavy atom. The Hall–Kier alpha value is -1.67. The minimum Gasteiger partial charge on any atom is -0.508 e. The van der Waals surface area contributed by atoms with Gasteiger partial charge in [-0.05, 0) is 49.7 Å². The molecule has 0 aromatic heterocycles. The number of nitrogens with one attached hydrogen (secondary N) is 1. The number of hydrogen-bond acceptors (Lipinski definition) is 2. The van der Waals surface area contributed by atoms with Crippen LogP contribution in [0.2, 0.25) is 5.02 Å². The quantitative estimate of drug-likeness (QED) is 0.851. The fourth-order valence-corrected chi connectivity index (χ4v) is 2.12. The average molecular weight is 262 g/mol. The van der Waals surface area contributed by atoms with Crippen molar-refractivity contribution in [3.63, 3.8) is 0 Å². The Morgan fingerprint density at radius 3 is 2.67 bits per heavy atom. The first-order chi connectivity index (χ1) is 8.56. The summed E-state index contributed by atoms with van der Waals surface area (Å²) in [7, 11) is 0. The summed E-state index contributed by atoms with van der Waals surface area (Å²) in [4.78, 5) is 0. The molecule has 2 aromatic carbocycles. The maximum absolute atomic E-state index is 9.84. The molecule has 18 heavy (non-hydrogen) atoms. The number of benzene rings is 2. The Kier molecular flexibility index (Phi) is 3.78. The van der Waals surface area contributed by atoms with Gasteiger partial charge in [-0.3, -0.25) is 0 Å². The zero-order valence-electron chi connectivity index (χ0n) is 10.4. The molecule has 0 aliphatic rings. The van der Waals surface area contributed by atoms with Gasteiger partial charge in [-0.15, -0.1) is 0 Å². The van der Waals surface area contributed by atoms with E-state index in [1.165, 1.54) is 5.56 Å². The number of rotatable bonds is 3. The second-order valence-corrected chi connectivity index (χ2v) is 4.88. The SMILES string of the molecule is Cc1cccc(NC(C)c2cc(Cl)ccc2O)c1. The standard InChI is InChI=1S/C15H16ClNO/c1-10-4-3-5-13(8-10)17-11(2)14-9-12(16)6-7-15(14)18/h3-9,11,17-18H,1-2H3. The monoisotopic (exact) mass is 261 g/mol. The third kappa shape index (κ3) is 2.96. The topological polar surface area (TPSA) is 32.3 Å². The van der Waals surface area contributed by atoms with Crippen molar-refractivity contribution in [2.45, 2.75) is 19.9 Å². The van der Waals surface area contributed by atoms with Gasteiger partial charge in [0.15, 0.2) is 0 Å². The van der Waals surface area contributed by atoms with E-state index in [1.807, 2.05) is 32.0 Å². The molecule has 0 bridgehead atoms. The van der Waals surface area contributed by atoms with Crippen LogP contribution in [-0.4, -0.2) is 5.11 Å². The predicted octanol–water partition coefficient (Wildman–Crippen LogP) is 4.53. The van der Waals surface area contributed by atoms with E-state index in [1.54, 1.807) is 18.2 Å². The molecular formula is C15H16ClNO. The number of anilines is 1. The molecule has 2 N–H and O–H groups in total. The zero-order chi connectivity index (χ0) is 13.1. The van der Waals surface area contributed by atoms with Gasteiger partial charge in [0.25, 0.3) is 0 Å². The largest absolute Gasteiger partial charge is 0.508 e. The van der Waals surface area contributed by atoms with Crippen molar-refractivity contribution in [3.8, 4) is 5.75 Å². The van der Waals surface area contributed by atoms with E-state index >= 15 is 0 Å². The molecule has 0 aliphatic carbocycles. The van der Waals surface area contributed by atoms with Crippen molar-refractivity contribution < 1.29 is 5.11 Å². The Morgan fingerprint density at radius 2 is 1.94 bits per heavy atom. The summed E-state index contributed by atoms with van der Waals surface area (Å²) in [5.74, 6) is 0.257. The van der Waals surface area contributed by atoms with Gasteiger partial charge in [0.2, 0.25) is 0 Å². The molecule has 2 nitrogen and oxygen atoms in total. The third-order valence-electron chi connectivity index (χ3n) is 2.86. The van der Waals surface area contributed by atoms with Crippen molar-refractivity contribution in [2.24, 2.45) is 0 Å². The summed E-state index contributed by atoms with van der Waals surface area (Å²) in [6, 6.07) is 13.2. The molecule has 3 heteroatoms. The highest BCUT2D eigenvalue weighted by Crippen LogP contribution is 2.29. The molecule has 0 radical (unpaired) electrons. The van der Waals surface area contributed by atoms with Gasteiger partial charge in [0.05, 0.1) is 6.04 Å². The lowest BCUT2D eigenvalue weighted by atomic mass is 10.1. The van der Waals surface area contributed by atoms with E-state index in [4.69, 9.17) is 11.6 Å². The zero-order valence-corrected chi connectivity index (χ0v) is 11.2. The molecule has 2 aromatic rings. The van der Waals surface area contributed by atoms with Crippen LogP contribution in [0.4, 0.5) is 5.69 Å². The molecule has 2 rings (SSSR count). The highest BCUT2D eigenvalue weighted by molar-refractivity contribution is 6.30. The average Bonchev–Trinajstić information content (AvgIpc) is 2.32. The second kappa shape index (κ2) is 5.32. The smallest absolute Gasteiger partial charge is 0.120 e. The van der Waals surface area contributed by atoms with Gasteiger partial charge in [0, 0.05) is 16.3 Å². The van der Waals surface area contributed by atoms with Gasteiger partial charge in [-0.25, -0.2) is 0 Å². The van der Waals surface area contributed by atoms with Gasteiger partial charge >= 0.3 is 0 Å². The predicted molar refractivity (Wildman–Crippen MR) is 76.3 cm³/mol. The Labute approximate surface area is 112 Å². The normalized spacial score (nSPS) is 12.2. The lowest BCUT2D eigenvalue weighted by Gasteiger charge is -2.17. The summed E-state index contributed by atoms with van der Waals surface area (Å²) in [5, 5.41) is 13.8. The number of phenolic OH excluding ortho intramolecular Hbond substituents is 1. The Bertz CT molecular complexity index is 554. The van der Waals surface area contributed by atoms with Gasteiger partial charge < -0.3 is 10.4 Å². The number of halogens is 1. The van der Waals surface area contributed by atoms with Crippen LogP contribution < -0.4 is 5.32 Å². The molecule has 0 spiro atoms. The summed E-state index contributed by atoms with van der Waals surface area (Å²) in [6.07, 6.45) is 0. The van der Waals surface area contributed by atoms with E-state index < -0.39 is 0 Å². The van der Waals surface area contributed by atoms with Crippen LogP contribution in [0.25, 0.3) is 0 Å². The van der Waals surface area contributed by atoms with Gasteiger partial charge in [-0.1, -0.05) is 23.7 Å².